The molecule has 0 unspecified atom stereocenters. The van der Waals surface area contributed by atoms with Gasteiger partial charge < -0.3 is 4.74 Å². The zero-order chi connectivity index (χ0) is 13.3. The van der Waals surface area contributed by atoms with Crippen LogP contribution in [-0.4, -0.2) is 17.4 Å². The van der Waals surface area contributed by atoms with Gasteiger partial charge in [-0.15, -0.1) is 0 Å². The molecular formula is C15H17NO2. The second-order valence-electron chi connectivity index (χ2n) is 5.38. The molecule has 1 aromatic rings. The van der Waals surface area contributed by atoms with E-state index >= 15 is 0 Å². The molecule has 0 fully saturated rings. The van der Waals surface area contributed by atoms with Crippen molar-refractivity contribution in [1.82, 2.24) is 0 Å². The van der Waals surface area contributed by atoms with Crippen LogP contribution in [0.3, 0.4) is 0 Å². The molecule has 94 valence electrons. The Morgan fingerprint density at radius 1 is 1.17 bits per heavy atom. The van der Waals surface area contributed by atoms with Crippen molar-refractivity contribution in [1.29, 1.82) is 0 Å². The first-order valence-corrected chi connectivity index (χ1v) is 5.96. The topological polar surface area (TPSA) is 38.7 Å². The van der Waals surface area contributed by atoms with Gasteiger partial charge in [-0.1, -0.05) is 24.3 Å². The Morgan fingerprint density at radius 3 is 2.44 bits per heavy atom. The fourth-order valence-corrected chi connectivity index (χ4v) is 1.82. The minimum atomic E-state index is -0.351. The van der Waals surface area contributed by atoms with Gasteiger partial charge in [-0.05, 0) is 38.8 Å². The van der Waals surface area contributed by atoms with E-state index in [1.807, 2.05) is 52.0 Å². The van der Waals surface area contributed by atoms with Gasteiger partial charge in [0.1, 0.15) is 0 Å². The van der Waals surface area contributed by atoms with Crippen LogP contribution in [0.15, 0.2) is 35.3 Å². The van der Waals surface area contributed by atoms with Crippen LogP contribution < -0.4 is 0 Å². The van der Waals surface area contributed by atoms with Crippen LogP contribution in [0.2, 0.25) is 0 Å². The highest BCUT2D eigenvalue weighted by Crippen LogP contribution is 2.26. The van der Waals surface area contributed by atoms with E-state index < -0.39 is 0 Å². The predicted octanol–water partition coefficient (Wildman–Crippen LogP) is 3.13. The first-order valence-electron chi connectivity index (χ1n) is 5.96. The molecule has 0 aromatic heterocycles. The number of carbonyl (C=O) groups is 1. The number of esters is 1. The van der Waals surface area contributed by atoms with Crippen molar-refractivity contribution >= 4 is 17.4 Å². The molecule has 1 aliphatic rings. The molecule has 0 saturated heterocycles. The van der Waals surface area contributed by atoms with E-state index in [4.69, 9.17) is 4.74 Å². The van der Waals surface area contributed by atoms with Crippen LogP contribution in [0.1, 0.15) is 31.9 Å². The van der Waals surface area contributed by atoms with Gasteiger partial charge in [0.05, 0.1) is 11.1 Å². The summed E-state index contributed by atoms with van der Waals surface area (Å²) in [6, 6.07) is 7.90. The zero-order valence-electron chi connectivity index (χ0n) is 11.2. The number of hydrogen-bond acceptors (Lipinski definition) is 3. The van der Waals surface area contributed by atoms with E-state index in [2.05, 4.69) is 4.99 Å². The Labute approximate surface area is 107 Å². The molecule has 18 heavy (non-hydrogen) atoms. The molecule has 0 atom stereocenters. The van der Waals surface area contributed by atoms with Crippen LogP contribution in [0.5, 0.6) is 0 Å². The van der Waals surface area contributed by atoms with E-state index in [1.165, 1.54) is 6.08 Å². The van der Waals surface area contributed by atoms with Crippen molar-refractivity contribution in [2.45, 2.75) is 33.2 Å². The lowest BCUT2D eigenvalue weighted by Gasteiger charge is -2.14. The van der Waals surface area contributed by atoms with Crippen molar-refractivity contribution in [3.05, 3.63) is 41.5 Å². The summed E-state index contributed by atoms with van der Waals surface area (Å²) in [7, 11) is 0. The monoisotopic (exact) mass is 243 g/mol. The molecule has 0 amide bonds. The number of nitrogens with zero attached hydrogens (tertiary/aromatic N) is 1. The van der Waals surface area contributed by atoms with Gasteiger partial charge >= 0.3 is 5.97 Å². The van der Waals surface area contributed by atoms with Crippen molar-refractivity contribution in [3.8, 4) is 0 Å². The van der Waals surface area contributed by atoms with Crippen LogP contribution >= 0.6 is 0 Å². The minimum Gasteiger partial charge on any atom is -0.404 e. The fraction of sp³-hybridized carbons (Fsp3) is 0.333. The van der Waals surface area contributed by atoms with E-state index in [9.17, 15) is 4.79 Å². The molecule has 2 rings (SSSR count). The number of ether oxygens (including phenoxy) is 1. The van der Waals surface area contributed by atoms with Gasteiger partial charge in [0.25, 0.3) is 0 Å². The molecule has 0 aliphatic carbocycles. The van der Waals surface area contributed by atoms with Gasteiger partial charge in [-0.3, -0.25) is 0 Å². The van der Waals surface area contributed by atoms with E-state index in [1.54, 1.807) is 0 Å². The first kappa shape index (κ1) is 12.6. The third-order valence-corrected chi connectivity index (χ3v) is 2.56. The summed E-state index contributed by atoms with van der Waals surface area (Å²) in [5.74, 6) is 0.0676. The van der Waals surface area contributed by atoms with Gasteiger partial charge in [-0.2, -0.15) is 0 Å². The van der Waals surface area contributed by atoms with Crippen LogP contribution in [0, 0.1) is 6.92 Å². The Morgan fingerprint density at radius 2 is 1.83 bits per heavy atom. The van der Waals surface area contributed by atoms with Crippen LogP contribution in [0.4, 0.5) is 0 Å². The summed E-state index contributed by atoms with van der Waals surface area (Å²) >= 11 is 0. The number of benzene rings is 1. The van der Waals surface area contributed by atoms with Crippen LogP contribution in [0.25, 0.3) is 5.57 Å². The number of carbonyl (C=O) groups excluding carboxylic acids is 1. The average molecular weight is 243 g/mol. The molecule has 1 heterocycles. The van der Waals surface area contributed by atoms with Crippen molar-refractivity contribution in [2.75, 3.05) is 0 Å². The van der Waals surface area contributed by atoms with E-state index in [0.717, 1.165) is 16.7 Å². The quantitative estimate of drug-likeness (QED) is 0.711. The Kier molecular flexibility index (Phi) is 3.07. The Balaban J connectivity index is 2.49. The van der Waals surface area contributed by atoms with E-state index in [0.29, 0.717) is 5.90 Å². The van der Waals surface area contributed by atoms with Gasteiger partial charge in [0.2, 0.25) is 5.90 Å². The smallest absolute Gasteiger partial charge is 0.338 e. The SMILES string of the molecule is Cc1ccccc1C1=CC(=O)OC1=NC(C)(C)C. The van der Waals surface area contributed by atoms with Crippen molar-refractivity contribution in [2.24, 2.45) is 4.99 Å². The highest BCUT2D eigenvalue weighted by atomic mass is 16.5. The maximum absolute atomic E-state index is 11.5. The number of aliphatic imine (C=N–C) groups is 1. The molecular weight excluding hydrogens is 226 g/mol. The van der Waals surface area contributed by atoms with Gasteiger partial charge in [0.15, 0.2) is 0 Å². The molecule has 1 aliphatic heterocycles. The number of rotatable bonds is 1. The standard InChI is InChI=1S/C15H17NO2/c1-10-7-5-6-8-11(10)12-9-13(17)18-14(12)16-15(2,3)4/h5-9H,1-4H3. The molecule has 3 nitrogen and oxygen atoms in total. The highest BCUT2D eigenvalue weighted by Gasteiger charge is 2.26. The lowest BCUT2D eigenvalue weighted by Crippen LogP contribution is -2.16. The fourth-order valence-electron chi connectivity index (χ4n) is 1.82. The second kappa shape index (κ2) is 4.41. The third kappa shape index (κ3) is 2.67. The maximum Gasteiger partial charge on any atom is 0.338 e. The number of aryl methyl sites for hydroxylation is 1. The second-order valence-corrected chi connectivity index (χ2v) is 5.38. The summed E-state index contributed by atoms with van der Waals surface area (Å²) in [5.41, 5.74) is 2.59. The maximum atomic E-state index is 11.5. The molecule has 0 saturated carbocycles. The molecule has 0 N–H and O–H groups in total. The summed E-state index contributed by atoms with van der Waals surface area (Å²) in [6.07, 6.45) is 1.51. The summed E-state index contributed by atoms with van der Waals surface area (Å²) in [5, 5.41) is 0. The molecule has 3 heteroatoms. The first-order chi connectivity index (χ1) is 8.37. The molecule has 0 bridgehead atoms. The lowest BCUT2D eigenvalue weighted by molar-refractivity contribution is -0.129. The number of hydrogen-bond donors (Lipinski definition) is 0. The predicted molar refractivity (Wildman–Crippen MR) is 72.4 cm³/mol. The molecule has 0 radical (unpaired) electrons. The summed E-state index contributed by atoms with van der Waals surface area (Å²) in [4.78, 5) is 15.9. The summed E-state index contributed by atoms with van der Waals surface area (Å²) < 4.78 is 5.18. The lowest BCUT2D eigenvalue weighted by atomic mass is 10.0. The highest BCUT2D eigenvalue weighted by molar-refractivity contribution is 6.30. The third-order valence-electron chi connectivity index (χ3n) is 2.56. The van der Waals surface area contributed by atoms with Gasteiger partial charge in [0, 0.05) is 6.08 Å². The summed E-state index contributed by atoms with van der Waals surface area (Å²) in [6.45, 7) is 7.93. The van der Waals surface area contributed by atoms with Crippen LogP contribution in [-0.2, 0) is 9.53 Å². The minimum absolute atomic E-state index is 0.276. The molecule has 0 spiro atoms. The van der Waals surface area contributed by atoms with Crippen molar-refractivity contribution < 1.29 is 9.53 Å². The van der Waals surface area contributed by atoms with E-state index in [-0.39, 0.29) is 11.5 Å². The normalized spacial score (nSPS) is 17.9. The Bertz CT molecular complexity index is 548. The largest absolute Gasteiger partial charge is 0.404 e. The zero-order valence-corrected chi connectivity index (χ0v) is 11.2. The average Bonchev–Trinajstić information content (AvgIpc) is 2.57. The van der Waals surface area contributed by atoms with Gasteiger partial charge in [-0.25, -0.2) is 9.79 Å². The Hall–Kier alpha value is -1.90. The molecule has 1 aromatic carbocycles. The number of cyclic esters (lactones) is 1. The van der Waals surface area contributed by atoms with Crippen molar-refractivity contribution in [3.63, 3.8) is 0 Å².